The molecule has 0 saturated heterocycles. The van der Waals surface area contributed by atoms with Gasteiger partial charge in [0, 0.05) is 11.4 Å². The zero-order valence-electron chi connectivity index (χ0n) is 13.1. The molecular formula is C15H18N2O6. The van der Waals surface area contributed by atoms with Crippen molar-refractivity contribution >= 4 is 35.1 Å². The van der Waals surface area contributed by atoms with E-state index in [0.29, 0.717) is 11.3 Å². The van der Waals surface area contributed by atoms with E-state index < -0.39 is 23.8 Å². The second kappa shape index (κ2) is 8.52. The molecule has 2 amide bonds. The molecule has 1 aromatic rings. The predicted octanol–water partition coefficient (Wildman–Crippen LogP) is 0.998. The second-order valence-corrected chi connectivity index (χ2v) is 4.38. The van der Waals surface area contributed by atoms with E-state index in [-0.39, 0.29) is 18.9 Å². The summed E-state index contributed by atoms with van der Waals surface area (Å²) in [5.41, 5.74) is 1.24. The molecule has 0 aromatic heterocycles. The molecule has 124 valence electrons. The molecule has 23 heavy (non-hydrogen) atoms. The van der Waals surface area contributed by atoms with Gasteiger partial charge in [0.25, 0.3) is 0 Å². The van der Waals surface area contributed by atoms with Gasteiger partial charge in [0.05, 0.1) is 13.2 Å². The highest BCUT2D eigenvalue weighted by Crippen LogP contribution is 2.20. The van der Waals surface area contributed by atoms with Crippen molar-refractivity contribution in [1.29, 1.82) is 0 Å². The van der Waals surface area contributed by atoms with Crippen molar-refractivity contribution in [3.8, 4) is 0 Å². The standard InChI is InChI=1S/C15H18N2O6/c1-4-22-14(20)12(18)16-10-7-6-9(3)11(8-10)17-13(19)15(21)23-5-2/h6-8H,4-5H2,1-3H3,(H,16,18)(H,17,19). The molecular weight excluding hydrogens is 304 g/mol. The van der Waals surface area contributed by atoms with Crippen LogP contribution in [0.1, 0.15) is 19.4 Å². The van der Waals surface area contributed by atoms with E-state index in [1.165, 1.54) is 6.07 Å². The Kier molecular flexibility index (Phi) is 6.72. The van der Waals surface area contributed by atoms with Crippen LogP contribution in [0.2, 0.25) is 0 Å². The zero-order chi connectivity index (χ0) is 17.4. The maximum atomic E-state index is 11.6. The van der Waals surface area contributed by atoms with Crippen LogP contribution in [0.5, 0.6) is 0 Å². The van der Waals surface area contributed by atoms with Crippen LogP contribution in [0.25, 0.3) is 0 Å². The lowest BCUT2D eigenvalue weighted by Crippen LogP contribution is -2.26. The Hall–Kier alpha value is -2.90. The van der Waals surface area contributed by atoms with Gasteiger partial charge in [0.15, 0.2) is 0 Å². The first kappa shape index (κ1) is 18.1. The highest BCUT2D eigenvalue weighted by molar-refractivity contribution is 6.38. The summed E-state index contributed by atoms with van der Waals surface area (Å²) in [7, 11) is 0. The van der Waals surface area contributed by atoms with Crippen molar-refractivity contribution < 1.29 is 28.7 Å². The van der Waals surface area contributed by atoms with Crippen LogP contribution in [0.4, 0.5) is 11.4 Å². The molecule has 0 bridgehead atoms. The average Bonchev–Trinajstić information content (AvgIpc) is 2.50. The SMILES string of the molecule is CCOC(=O)C(=O)Nc1ccc(C)c(NC(=O)C(=O)OCC)c1. The Morgan fingerprint density at radius 3 is 1.96 bits per heavy atom. The van der Waals surface area contributed by atoms with E-state index in [1.54, 1.807) is 32.9 Å². The number of amides is 2. The van der Waals surface area contributed by atoms with Crippen molar-refractivity contribution in [2.24, 2.45) is 0 Å². The van der Waals surface area contributed by atoms with Gasteiger partial charge in [0.2, 0.25) is 0 Å². The molecule has 0 radical (unpaired) electrons. The minimum absolute atomic E-state index is 0.0842. The van der Waals surface area contributed by atoms with E-state index in [4.69, 9.17) is 0 Å². The van der Waals surface area contributed by atoms with Crippen molar-refractivity contribution in [2.45, 2.75) is 20.8 Å². The van der Waals surface area contributed by atoms with Crippen molar-refractivity contribution in [3.05, 3.63) is 23.8 Å². The summed E-state index contributed by atoms with van der Waals surface area (Å²) >= 11 is 0. The third kappa shape index (κ3) is 5.42. The quantitative estimate of drug-likeness (QED) is 0.632. The number of hydrogen-bond donors (Lipinski definition) is 2. The first-order valence-electron chi connectivity index (χ1n) is 6.95. The number of nitrogens with one attached hydrogen (secondary N) is 2. The highest BCUT2D eigenvalue weighted by Gasteiger charge is 2.18. The first-order valence-corrected chi connectivity index (χ1v) is 6.95. The monoisotopic (exact) mass is 322 g/mol. The van der Waals surface area contributed by atoms with Crippen molar-refractivity contribution in [2.75, 3.05) is 23.8 Å². The minimum Gasteiger partial charge on any atom is -0.459 e. The molecule has 8 heteroatoms. The summed E-state index contributed by atoms with van der Waals surface area (Å²) in [5.74, 6) is -3.87. The molecule has 0 spiro atoms. The maximum absolute atomic E-state index is 11.6. The van der Waals surface area contributed by atoms with Gasteiger partial charge in [-0.25, -0.2) is 9.59 Å². The molecule has 0 aliphatic heterocycles. The van der Waals surface area contributed by atoms with Crippen LogP contribution >= 0.6 is 0 Å². The molecule has 0 aliphatic rings. The van der Waals surface area contributed by atoms with Gasteiger partial charge in [-0.3, -0.25) is 9.59 Å². The van der Waals surface area contributed by atoms with E-state index in [9.17, 15) is 19.2 Å². The number of carbonyl (C=O) groups excluding carboxylic acids is 4. The van der Waals surface area contributed by atoms with Crippen LogP contribution in [0.15, 0.2) is 18.2 Å². The number of esters is 2. The van der Waals surface area contributed by atoms with Crippen LogP contribution in [-0.4, -0.2) is 37.0 Å². The van der Waals surface area contributed by atoms with Gasteiger partial charge in [-0.1, -0.05) is 6.07 Å². The lowest BCUT2D eigenvalue weighted by molar-refractivity contribution is -0.152. The van der Waals surface area contributed by atoms with Gasteiger partial charge in [-0.05, 0) is 38.5 Å². The topological polar surface area (TPSA) is 111 Å². The molecule has 8 nitrogen and oxygen atoms in total. The molecule has 0 heterocycles. The largest absolute Gasteiger partial charge is 0.459 e. The number of rotatable bonds is 4. The second-order valence-electron chi connectivity index (χ2n) is 4.38. The Morgan fingerprint density at radius 1 is 0.913 bits per heavy atom. The Balaban J connectivity index is 2.83. The molecule has 0 atom stereocenters. The maximum Gasteiger partial charge on any atom is 0.397 e. The molecule has 1 aromatic carbocycles. The fourth-order valence-electron chi connectivity index (χ4n) is 1.58. The van der Waals surface area contributed by atoms with Gasteiger partial charge in [-0.2, -0.15) is 0 Å². The fourth-order valence-corrected chi connectivity index (χ4v) is 1.58. The van der Waals surface area contributed by atoms with Gasteiger partial charge in [-0.15, -0.1) is 0 Å². The number of anilines is 2. The third-order valence-corrected chi connectivity index (χ3v) is 2.67. The molecule has 0 aliphatic carbocycles. The van der Waals surface area contributed by atoms with Crippen LogP contribution in [0, 0.1) is 6.92 Å². The summed E-state index contributed by atoms with van der Waals surface area (Å²) in [4.78, 5) is 45.8. The lowest BCUT2D eigenvalue weighted by Gasteiger charge is -2.11. The average molecular weight is 322 g/mol. The number of carbonyl (C=O) groups is 4. The number of benzene rings is 1. The summed E-state index contributed by atoms with van der Waals surface area (Å²) in [6.07, 6.45) is 0. The predicted molar refractivity (Wildman–Crippen MR) is 81.7 cm³/mol. The van der Waals surface area contributed by atoms with Gasteiger partial charge in [0.1, 0.15) is 0 Å². The zero-order valence-corrected chi connectivity index (χ0v) is 13.1. The fraction of sp³-hybridized carbons (Fsp3) is 0.333. The van der Waals surface area contributed by atoms with E-state index in [0.717, 1.165) is 0 Å². The molecule has 0 fully saturated rings. The summed E-state index contributed by atoms with van der Waals surface area (Å²) in [5, 5.41) is 4.72. The number of aryl methyl sites for hydroxylation is 1. The summed E-state index contributed by atoms with van der Waals surface area (Å²) in [6, 6.07) is 4.58. The van der Waals surface area contributed by atoms with Crippen LogP contribution in [-0.2, 0) is 28.7 Å². The van der Waals surface area contributed by atoms with Crippen molar-refractivity contribution in [3.63, 3.8) is 0 Å². The third-order valence-electron chi connectivity index (χ3n) is 2.67. The number of ether oxygens (including phenoxy) is 2. The Morgan fingerprint density at radius 2 is 1.43 bits per heavy atom. The smallest absolute Gasteiger partial charge is 0.397 e. The first-order chi connectivity index (χ1) is 10.9. The van der Waals surface area contributed by atoms with Gasteiger partial charge >= 0.3 is 23.8 Å². The van der Waals surface area contributed by atoms with Crippen molar-refractivity contribution in [1.82, 2.24) is 0 Å². The van der Waals surface area contributed by atoms with Crippen LogP contribution < -0.4 is 10.6 Å². The van der Waals surface area contributed by atoms with E-state index in [1.807, 2.05) is 0 Å². The molecule has 1 rings (SSSR count). The highest BCUT2D eigenvalue weighted by atomic mass is 16.5. The Bertz CT molecular complexity index is 626. The summed E-state index contributed by atoms with van der Waals surface area (Å²) < 4.78 is 9.16. The molecule has 2 N–H and O–H groups in total. The summed E-state index contributed by atoms with van der Waals surface area (Å²) in [6.45, 7) is 5.04. The van der Waals surface area contributed by atoms with Gasteiger partial charge < -0.3 is 20.1 Å². The normalized spacial score (nSPS) is 9.70. The van der Waals surface area contributed by atoms with E-state index >= 15 is 0 Å². The molecule has 0 unspecified atom stereocenters. The Labute approximate surface area is 133 Å². The number of hydrogen-bond acceptors (Lipinski definition) is 6. The lowest BCUT2D eigenvalue weighted by atomic mass is 10.1. The molecule has 0 saturated carbocycles. The minimum atomic E-state index is -1.01. The van der Waals surface area contributed by atoms with Crippen LogP contribution in [0.3, 0.4) is 0 Å². The van der Waals surface area contributed by atoms with E-state index in [2.05, 4.69) is 20.1 Å².